The lowest BCUT2D eigenvalue weighted by molar-refractivity contribution is -0.116. The number of para-hydroxylation sites is 1. The fourth-order valence-corrected chi connectivity index (χ4v) is 3.71. The minimum Gasteiger partial charge on any atom is -0.366 e. The third kappa shape index (κ3) is 5.20. The van der Waals surface area contributed by atoms with E-state index in [0.29, 0.717) is 22.5 Å². The van der Waals surface area contributed by atoms with Gasteiger partial charge in [0.05, 0.1) is 11.4 Å². The number of nitrogens with two attached hydrogens (primary N) is 1. The molecule has 0 aliphatic carbocycles. The highest BCUT2D eigenvalue weighted by Crippen LogP contribution is 2.31. The first-order chi connectivity index (χ1) is 14.8. The fourth-order valence-electron chi connectivity index (χ4n) is 2.86. The van der Waals surface area contributed by atoms with E-state index in [1.807, 2.05) is 0 Å². The molecule has 2 aromatic carbocycles. The van der Waals surface area contributed by atoms with E-state index in [9.17, 15) is 18.8 Å². The average Bonchev–Trinajstić information content (AvgIpc) is 3.16. The van der Waals surface area contributed by atoms with Crippen LogP contribution in [0, 0.1) is 12.7 Å². The second-order valence-electron chi connectivity index (χ2n) is 6.58. The first-order valence-electron chi connectivity index (χ1n) is 9.16. The van der Waals surface area contributed by atoms with Gasteiger partial charge >= 0.3 is 0 Å². The van der Waals surface area contributed by atoms with Gasteiger partial charge in [-0.3, -0.25) is 19.3 Å². The number of nitrogens with zero attached hydrogens (tertiary/aromatic N) is 2. The van der Waals surface area contributed by atoms with Gasteiger partial charge in [0.25, 0.3) is 0 Å². The van der Waals surface area contributed by atoms with Crippen LogP contribution in [-0.4, -0.2) is 22.7 Å². The van der Waals surface area contributed by atoms with Crippen molar-refractivity contribution in [3.63, 3.8) is 0 Å². The van der Waals surface area contributed by atoms with Gasteiger partial charge in [-0.05, 0) is 48.9 Å². The van der Waals surface area contributed by atoms with Crippen LogP contribution in [0.5, 0.6) is 0 Å². The van der Waals surface area contributed by atoms with Crippen molar-refractivity contribution in [3.05, 3.63) is 76.6 Å². The number of carbonyl (C=O) groups is 3. The van der Waals surface area contributed by atoms with Crippen LogP contribution in [-0.2, 0) is 9.59 Å². The van der Waals surface area contributed by atoms with Crippen molar-refractivity contribution in [3.8, 4) is 0 Å². The smallest absolute Gasteiger partial charge is 0.248 e. The molecule has 0 saturated carbocycles. The van der Waals surface area contributed by atoms with Gasteiger partial charge in [0.15, 0.2) is 5.13 Å². The summed E-state index contributed by atoms with van der Waals surface area (Å²) in [5, 5.41) is 4.63. The van der Waals surface area contributed by atoms with E-state index < -0.39 is 17.6 Å². The van der Waals surface area contributed by atoms with Crippen LogP contribution in [0.15, 0.2) is 53.9 Å². The molecule has 0 saturated heterocycles. The summed E-state index contributed by atoms with van der Waals surface area (Å²) in [7, 11) is 0. The maximum absolute atomic E-state index is 14.1. The van der Waals surface area contributed by atoms with Gasteiger partial charge in [-0.25, -0.2) is 9.37 Å². The van der Waals surface area contributed by atoms with E-state index in [-0.39, 0.29) is 16.7 Å². The molecule has 0 spiro atoms. The molecule has 0 aliphatic heterocycles. The lowest BCUT2D eigenvalue weighted by atomic mass is 10.1. The average molecular weight is 438 g/mol. The Kier molecular flexibility index (Phi) is 6.56. The molecule has 7 nitrogen and oxygen atoms in total. The van der Waals surface area contributed by atoms with Crippen molar-refractivity contribution >= 4 is 51.6 Å². The van der Waals surface area contributed by atoms with E-state index in [0.717, 1.165) is 11.3 Å². The van der Waals surface area contributed by atoms with E-state index >= 15 is 0 Å². The van der Waals surface area contributed by atoms with E-state index in [2.05, 4.69) is 10.3 Å². The third-order valence-corrected chi connectivity index (χ3v) is 5.12. The molecule has 0 atom stereocenters. The lowest BCUT2D eigenvalue weighted by Gasteiger charge is -2.18. The summed E-state index contributed by atoms with van der Waals surface area (Å²) in [5.41, 5.74) is 7.37. The van der Waals surface area contributed by atoms with Gasteiger partial charge in [-0.1, -0.05) is 12.1 Å². The Labute approximate surface area is 182 Å². The number of primary amides is 1. The second-order valence-corrected chi connectivity index (χ2v) is 7.41. The van der Waals surface area contributed by atoms with Crippen LogP contribution in [0.25, 0.3) is 6.08 Å². The zero-order valence-electron chi connectivity index (χ0n) is 16.8. The van der Waals surface area contributed by atoms with Crippen molar-refractivity contribution < 1.29 is 18.8 Å². The predicted octanol–water partition coefficient (Wildman–Crippen LogP) is 4.03. The van der Waals surface area contributed by atoms with Gasteiger partial charge < -0.3 is 11.1 Å². The number of amides is 3. The zero-order chi connectivity index (χ0) is 22.5. The SMILES string of the molecule is CC(=O)N(c1nc(/C=C/C(=O)Nc2ccc(C(N)=O)c(C)c2)cs1)c1ccccc1F. The summed E-state index contributed by atoms with van der Waals surface area (Å²) < 4.78 is 14.1. The molecule has 0 radical (unpaired) electrons. The maximum Gasteiger partial charge on any atom is 0.248 e. The van der Waals surface area contributed by atoms with E-state index in [1.54, 1.807) is 36.6 Å². The standard InChI is InChI=1S/C22H19FN4O3S/c1-13-11-15(7-9-17(13)21(24)30)25-20(29)10-8-16-12-31-22(26-16)27(14(2)28)19-6-4-3-5-18(19)23/h3-12H,1-2H3,(H2,24,30)(H,25,29)/b10-8+. The largest absolute Gasteiger partial charge is 0.366 e. The van der Waals surface area contributed by atoms with Crippen molar-refractivity contribution in [1.82, 2.24) is 4.98 Å². The molecule has 3 N–H and O–H groups in total. The third-order valence-electron chi connectivity index (χ3n) is 4.27. The molecule has 0 bridgehead atoms. The van der Waals surface area contributed by atoms with E-state index in [4.69, 9.17) is 5.73 Å². The Hall–Kier alpha value is -3.85. The zero-order valence-corrected chi connectivity index (χ0v) is 17.6. The number of aromatic nitrogens is 1. The first-order valence-corrected chi connectivity index (χ1v) is 10.0. The summed E-state index contributed by atoms with van der Waals surface area (Å²) in [6, 6.07) is 10.7. The Morgan fingerprint density at radius 2 is 1.94 bits per heavy atom. The van der Waals surface area contributed by atoms with Crippen LogP contribution in [0.2, 0.25) is 0 Å². The molecular formula is C22H19FN4O3S. The molecule has 3 rings (SSSR count). The quantitative estimate of drug-likeness (QED) is 0.567. The number of rotatable bonds is 6. The summed E-state index contributed by atoms with van der Waals surface area (Å²) in [5.74, 6) is -1.87. The number of carbonyl (C=O) groups excluding carboxylic acids is 3. The van der Waals surface area contributed by atoms with Crippen LogP contribution in [0.1, 0.15) is 28.5 Å². The van der Waals surface area contributed by atoms with Gasteiger partial charge in [-0.15, -0.1) is 11.3 Å². The van der Waals surface area contributed by atoms with Crippen LogP contribution >= 0.6 is 11.3 Å². The number of hydrogen-bond donors (Lipinski definition) is 2. The summed E-state index contributed by atoms with van der Waals surface area (Å²) in [4.78, 5) is 41.1. The first kappa shape index (κ1) is 21.8. The number of thiazole rings is 1. The van der Waals surface area contributed by atoms with Gasteiger partial charge in [0.2, 0.25) is 17.7 Å². The van der Waals surface area contributed by atoms with Gasteiger partial charge in [-0.2, -0.15) is 0 Å². The summed E-state index contributed by atoms with van der Waals surface area (Å²) in [6.45, 7) is 3.04. The Bertz CT molecular complexity index is 1190. The van der Waals surface area contributed by atoms with Crippen molar-refractivity contribution in [2.24, 2.45) is 5.73 Å². The molecule has 158 valence electrons. The number of halogens is 1. The molecule has 3 aromatic rings. The highest BCUT2D eigenvalue weighted by molar-refractivity contribution is 7.14. The minimum absolute atomic E-state index is 0.104. The van der Waals surface area contributed by atoms with Gasteiger partial charge in [0, 0.05) is 29.6 Å². The predicted molar refractivity (Wildman–Crippen MR) is 119 cm³/mol. The molecule has 31 heavy (non-hydrogen) atoms. The summed E-state index contributed by atoms with van der Waals surface area (Å²) in [6.07, 6.45) is 2.77. The van der Waals surface area contributed by atoms with Gasteiger partial charge in [0.1, 0.15) is 5.82 Å². The van der Waals surface area contributed by atoms with Crippen molar-refractivity contribution in [2.45, 2.75) is 13.8 Å². The lowest BCUT2D eigenvalue weighted by Crippen LogP contribution is -2.23. The highest BCUT2D eigenvalue weighted by atomic mass is 32.1. The second kappa shape index (κ2) is 9.31. The maximum atomic E-state index is 14.1. The molecule has 1 heterocycles. The normalized spacial score (nSPS) is 10.8. The summed E-state index contributed by atoms with van der Waals surface area (Å²) >= 11 is 1.15. The minimum atomic E-state index is -0.540. The topological polar surface area (TPSA) is 105 Å². The van der Waals surface area contributed by atoms with Crippen LogP contribution < -0.4 is 16.0 Å². The van der Waals surface area contributed by atoms with Crippen molar-refractivity contribution in [2.75, 3.05) is 10.2 Å². The Morgan fingerprint density at radius 3 is 2.58 bits per heavy atom. The number of nitrogens with one attached hydrogen (secondary N) is 1. The molecule has 0 unspecified atom stereocenters. The fraction of sp³-hybridized carbons (Fsp3) is 0.0909. The van der Waals surface area contributed by atoms with Crippen LogP contribution in [0.4, 0.5) is 20.9 Å². The number of aryl methyl sites for hydroxylation is 1. The Morgan fingerprint density at radius 1 is 1.19 bits per heavy atom. The molecule has 1 aromatic heterocycles. The monoisotopic (exact) mass is 438 g/mol. The number of anilines is 3. The molecule has 0 aliphatic rings. The van der Waals surface area contributed by atoms with Crippen molar-refractivity contribution in [1.29, 1.82) is 0 Å². The van der Waals surface area contributed by atoms with Crippen LogP contribution in [0.3, 0.4) is 0 Å². The molecule has 3 amide bonds. The number of hydrogen-bond acceptors (Lipinski definition) is 5. The van der Waals surface area contributed by atoms with E-state index in [1.165, 1.54) is 42.2 Å². The molecule has 9 heteroatoms. The number of benzene rings is 2. The highest BCUT2D eigenvalue weighted by Gasteiger charge is 2.20. The molecular weight excluding hydrogens is 419 g/mol. The molecule has 0 fully saturated rings. The Balaban J connectivity index is 1.73.